The maximum atomic E-state index is 4.35. The van der Waals surface area contributed by atoms with Crippen molar-refractivity contribution in [3.63, 3.8) is 0 Å². The van der Waals surface area contributed by atoms with Crippen LogP contribution in [0.3, 0.4) is 0 Å². The lowest BCUT2D eigenvalue weighted by atomic mass is 10.1. The average molecular weight is 374 g/mol. The number of nitrogens with zero attached hydrogens (tertiary/aromatic N) is 1. The summed E-state index contributed by atoms with van der Waals surface area (Å²) in [6.45, 7) is 3.83. The van der Waals surface area contributed by atoms with Gasteiger partial charge >= 0.3 is 0 Å². The number of hydrogen-bond acceptors (Lipinski definition) is 1. The molecule has 2 heterocycles. The van der Waals surface area contributed by atoms with E-state index in [1.807, 2.05) is 7.05 Å². The predicted octanol–water partition coefficient (Wildman–Crippen LogP) is 3.91. The molecule has 0 unspecified atom stereocenters. The van der Waals surface area contributed by atoms with Crippen molar-refractivity contribution in [2.45, 2.75) is 19.8 Å². The van der Waals surface area contributed by atoms with E-state index in [1.165, 1.54) is 38.6 Å². The largest absolute Gasteiger partial charge is 0.361 e. The highest BCUT2D eigenvalue weighted by molar-refractivity contribution is 5.85. The Bertz CT molecular complexity index is 1100. The smallest absolute Gasteiger partial charge is 0.190 e. The van der Waals surface area contributed by atoms with Gasteiger partial charge in [-0.3, -0.25) is 4.99 Å². The number of nitrogens with one attached hydrogen (secondary N) is 4. The van der Waals surface area contributed by atoms with E-state index in [2.05, 4.69) is 87.2 Å². The zero-order valence-corrected chi connectivity index (χ0v) is 16.5. The summed E-state index contributed by atoms with van der Waals surface area (Å²) in [5.41, 5.74) is 6.33. The molecule has 0 aliphatic carbocycles. The molecule has 4 aromatic rings. The van der Waals surface area contributed by atoms with Crippen LogP contribution in [0, 0.1) is 6.92 Å². The Kier molecular flexibility index (Phi) is 5.33. The summed E-state index contributed by atoms with van der Waals surface area (Å²) in [4.78, 5) is 11.2. The van der Waals surface area contributed by atoms with E-state index in [9.17, 15) is 0 Å². The first-order chi connectivity index (χ1) is 13.8. The van der Waals surface area contributed by atoms with Gasteiger partial charge in [0.2, 0.25) is 0 Å². The summed E-state index contributed by atoms with van der Waals surface area (Å²) in [6.07, 6.45) is 4.01. The fraction of sp³-hybridized carbons (Fsp3) is 0.261. The van der Waals surface area contributed by atoms with Gasteiger partial charge in [-0.25, -0.2) is 0 Å². The van der Waals surface area contributed by atoms with Gasteiger partial charge in [-0.2, -0.15) is 0 Å². The van der Waals surface area contributed by atoms with Crippen molar-refractivity contribution < 1.29 is 0 Å². The minimum atomic E-state index is 0.841. The van der Waals surface area contributed by atoms with Crippen molar-refractivity contribution >= 4 is 27.8 Å². The van der Waals surface area contributed by atoms with E-state index < -0.39 is 0 Å². The lowest BCUT2D eigenvalue weighted by Gasteiger charge is -2.12. The number of para-hydroxylation sites is 2. The van der Waals surface area contributed by atoms with Gasteiger partial charge in [0.25, 0.3) is 0 Å². The van der Waals surface area contributed by atoms with E-state index >= 15 is 0 Å². The third-order valence-corrected chi connectivity index (χ3v) is 5.28. The molecule has 144 valence electrons. The fourth-order valence-electron chi connectivity index (χ4n) is 3.84. The first kappa shape index (κ1) is 18.2. The van der Waals surface area contributed by atoms with E-state index in [0.717, 1.165) is 31.9 Å². The molecule has 5 nitrogen and oxygen atoms in total. The van der Waals surface area contributed by atoms with Crippen molar-refractivity contribution in [1.82, 2.24) is 20.6 Å². The number of guanidine groups is 1. The molecule has 0 saturated carbocycles. The number of aromatic amines is 2. The Morgan fingerprint density at radius 3 is 2.36 bits per heavy atom. The second-order valence-corrected chi connectivity index (χ2v) is 7.06. The molecule has 0 amide bonds. The van der Waals surface area contributed by atoms with Crippen LogP contribution in [-0.2, 0) is 12.8 Å². The quantitative estimate of drug-likeness (QED) is 0.306. The zero-order chi connectivity index (χ0) is 19.3. The van der Waals surface area contributed by atoms with Crippen LogP contribution in [-0.4, -0.2) is 36.1 Å². The predicted molar refractivity (Wildman–Crippen MR) is 118 cm³/mol. The molecule has 0 atom stereocenters. The van der Waals surface area contributed by atoms with Crippen molar-refractivity contribution in [3.8, 4) is 0 Å². The highest BCUT2D eigenvalue weighted by Gasteiger charge is 2.08. The van der Waals surface area contributed by atoms with Gasteiger partial charge in [0, 0.05) is 53.8 Å². The molecule has 0 saturated heterocycles. The summed E-state index contributed by atoms with van der Waals surface area (Å²) in [6, 6.07) is 16.9. The van der Waals surface area contributed by atoms with Crippen LogP contribution in [0.15, 0.2) is 59.7 Å². The van der Waals surface area contributed by atoms with Gasteiger partial charge in [0.05, 0.1) is 0 Å². The van der Waals surface area contributed by atoms with E-state index in [0.29, 0.717) is 0 Å². The number of fused-ring (bicyclic) bond motifs is 2. The van der Waals surface area contributed by atoms with Gasteiger partial charge in [-0.05, 0) is 43.0 Å². The van der Waals surface area contributed by atoms with Crippen LogP contribution in [0.5, 0.6) is 0 Å². The topological polar surface area (TPSA) is 68.0 Å². The lowest BCUT2D eigenvalue weighted by Crippen LogP contribution is -2.39. The Morgan fingerprint density at radius 1 is 0.893 bits per heavy atom. The second-order valence-electron chi connectivity index (χ2n) is 7.06. The maximum Gasteiger partial charge on any atom is 0.190 e. The molecular weight excluding hydrogens is 346 g/mol. The lowest BCUT2D eigenvalue weighted by molar-refractivity contribution is 0.785. The molecule has 2 aromatic heterocycles. The number of aliphatic imine (C=N–C) groups is 1. The molecule has 4 rings (SSSR count). The number of rotatable bonds is 6. The number of H-pyrrole nitrogens is 2. The third-order valence-electron chi connectivity index (χ3n) is 5.28. The Morgan fingerprint density at radius 2 is 1.57 bits per heavy atom. The summed E-state index contributed by atoms with van der Waals surface area (Å²) in [5.74, 6) is 0.845. The highest BCUT2D eigenvalue weighted by Crippen LogP contribution is 2.22. The van der Waals surface area contributed by atoms with E-state index in [-0.39, 0.29) is 0 Å². The molecule has 0 radical (unpaired) electrons. The van der Waals surface area contributed by atoms with Crippen molar-refractivity contribution in [2.75, 3.05) is 20.1 Å². The monoisotopic (exact) mass is 373 g/mol. The SMILES string of the molecule is CN=C(NCCc1c[nH]c2ccccc12)NCCc1c(C)[nH]c2ccccc12. The zero-order valence-electron chi connectivity index (χ0n) is 16.5. The van der Waals surface area contributed by atoms with Crippen LogP contribution in [0.1, 0.15) is 16.8 Å². The molecule has 0 bridgehead atoms. The average Bonchev–Trinajstić information content (AvgIpc) is 3.27. The van der Waals surface area contributed by atoms with Gasteiger partial charge in [0.1, 0.15) is 0 Å². The van der Waals surface area contributed by atoms with Crippen LogP contribution in [0.4, 0.5) is 0 Å². The standard InChI is InChI=1S/C23H27N5/c1-16-18(20-8-4-6-10-22(20)28-16)12-14-26-23(24-2)25-13-11-17-15-27-21-9-5-3-7-19(17)21/h3-10,15,27-28H,11-14H2,1-2H3,(H2,24,25,26). The summed E-state index contributed by atoms with van der Waals surface area (Å²) in [7, 11) is 1.82. The van der Waals surface area contributed by atoms with E-state index in [4.69, 9.17) is 0 Å². The Balaban J connectivity index is 1.30. The molecule has 0 spiro atoms. The number of aryl methyl sites for hydroxylation is 1. The summed E-state index contributed by atoms with van der Waals surface area (Å²) < 4.78 is 0. The van der Waals surface area contributed by atoms with Crippen molar-refractivity contribution in [2.24, 2.45) is 4.99 Å². The fourth-order valence-corrected chi connectivity index (χ4v) is 3.84. The van der Waals surface area contributed by atoms with Crippen molar-refractivity contribution in [1.29, 1.82) is 0 Å². The van der Waals surface area contributed by atoms with Crippen LogP contribution >= 0.6 is 0 Å². The maximum absolute atomic E-state index is 4.35. The number of benzene rings is 2. The molecule has 0 aliphatic rings. The minimum Gasteiger partial charge on any atom is -0.361 e. The summed E-state index contributed by atoms with van der Waals surface area (Å²) in [5, 5.41) is 9.46. The van der Waals surface area contributed by atoms with Crippen LogP contribution in [0.2, 0.25) is 0 Å². The minimum absolute atomic E-state index is 0.841. The molecule has 28 heavy (non-hydrogen) atoms. The van der Waals surface area contributed by atoms with Gasteiger partial charge in [-0.1, -0.05) is 36.4 Å². The van der Waals surface area contributed by atoms with Crippen LogP contribution < -0.4 is 10.6 Å². The van der Waals surface area contributed by atoms with Gasteiger partial charge < -0.3 is 20.6 Å². The Hall–Kier alpha value is -3.21. The van der Waals surface area contributed by atoms with E-state index in [1.54, 1.807) is 0 Å². The highest BCUT2D eigenvalue weighted by atomic mass is 15.2. The molecule has 2 aromatic carbocycles. The first-order valence-electron chi connectivity index (χ1n) is 9.82. The van der Waals surface area contributed by atoms with Crippen LogP contribution in [0.25, 0.3) is 21.8 Å². The number of aromatic nitrogens is 2. The second kappa shape index (κ2) is 8.21. The van der Waals surface area contributed by atoms with Gasteiger partial charge in [0.15, 0.2) is 5.96 Å². The normalized spacial score (nSPS) is 12.0. The molecule has 0 aliphatic heterocycles. The van der Waals surface area contributed by atoms with Crippen molar-refractivity contribution in [3.05, 3.63) is 71.5 Å². The molecular formula is C23H27N5. The molecule has 5 heteroatoms. The Labute approximate surface area is 165 Å². The third kappa shape index (κ3) is 3.74. The molecule has 0 fully saturated rings. The first-order valence-corrected chi connectivity index (χ1v) is 9.82. The summed E-state index contributed by atoms with van der Waals surface area (Å²) >= 11 is 0. The van der Waals surface area contributed by atoms with Gasteiger partial charge in [-0.15, -0.1) is 0 Å². The number of hydrogen-bond donors (Lipinski definition) is 4. The molecule has 4 N–H and O–H groups in total.